The van der Waals surface area contributed by atoms with E-state index in [0.29, 0.717) is 19.4 Å². The summed E-state index contributed by atoms with van der Waals surface area (Å²) in [6.07, 6.45) is 2.08. The van der Waals surface area contributed by atoms with Crippen LogP contribution in [0.2, 0.25) is 0 Å². The topological polar surface area (TPSA) is 87.7 Å². The van der Waals surface area contributed by atoms with Crippen LogP contribution in [-0.4, -0.2) is 51.5 Å². The average Bonchev–Trinajstić information content (AvgIpc) is 3.00. The molecule has 1 aliphatic rings. The van der Waals surface area contributed by atoms with E-state index in [2.05, 4.69) is 42.9 Å². The van der Waals surface area contributed by atoms with E-state index in [4.69, 9.17) is 4.74 Å². The summed E-state index contributed by atoms with van der Waals surface area (Å²) in [6, 6.07) is 15.5. The number of hydrogen-bond acceptors (Lipinski definition) is 4. The zero-order valence-corrected chi connectivity index (χ0v) is 20.3. The van der Waals surface area contributed by atoms with Crippen LogP contribution in [0.25, 0.3) is 0 Å². The fourth-order valence-corrected chi connectivity index (χ4v) is 4.99. The molecule has 2 aromatic carbocycles. The van der Waals surface area contributed by atoms with Crippen molar-refractivity contribution in [3.05, 3.63) is 65.2 Å². The van der Waals surface area contributed by atoms with Gasteiger partial charge in [0.2, 0.25) is 10.0 Å². The monoisotopic (exact) mass is 459 g/mol. The van der Waals surface area contributed by atoms with Crippen molar-refractivity contribution in [1.82, 2.24) is 14.9 Å². The molecule has 3 rings (SSSR count). The SMILES string of the molecule is COc1ccc(CCN2C(=O)NCC2(Cc2ccc(C(C)(C)C)cc2)NS(C)(=O)=O)cc1. The first kappa shape index (κ1) is 24.1. The Morgan fingerprint density at radius 2 is 1.66 bits per heavy atom. The van der Waals surface area contributed by atoms with E-state index in [9.17, 15) is 13.2 Å². The minimum absolute atomic E-state index is 0.0243. The summed E-state index contributed by atoms with van der Waals surface area (Å²) in [6.45, 7) is 7.02. The highest BCUT2D eigenvalue weighted by molar-refractivity contribution is 7.88. The van der Waals surface area contributed by atoms with Crippen molar-refractivity contribution in [3.8, 4) is 5.75 Å². The highest BCUT2D eigenvalue weighted by Crippen LogP contribution is 2.27. The van der Waals surface area contributed by atoms with Crippen LogP contribution in [-0.2, 0) is 28.3 Å². The smallest absolute Gasteiger partial charge is 0.319 e. The molecule has 8 heteroatoms. The fraction of sp³-hybridized carbons (Fsp3) is 0.458. The normalized spacial score (nSPS) is 19.2. The predicted molar refractivity (Wildman–Crippen MR) is 126 cm³/mol. The second-order valence-electron chi connectivity index (χ2n) is 9.44. The van der Waals surface area contributed by atoms with Gasteiger partial charge >= 0.3 is 6.03 Å². The van der Waals surface area contributed by atoms with Gasteiger partial charge in [-0.2, -0.15) is 4.72 Å². The molecule has 7 nitrogen and oxygen atoms in total. The summed E-state index contributed by atoms with van der Waals surface area (Å²) in [5.74, 6) is 0.763. The highest BCUT2D eigenvalue weighted by atomic mass is 32.2. The first-order valence-electron chi connectivity index (χ1n) is 10.7. The quantitative estimate of drug-likeness (QED) is 0.635. The van der Waals surface area contributed by atoms with Gasteiger partial charge in [0, 0.05) is 13.0 Å². The number of nitrogens with zero attached hydrogens (tertiary/aromatic N) is 1. The molecule has 1 unspecified atom stereocenters. The summed E-state index contributed by atoms with van der Waals surface area (Å²) >= 11 is 0. The second kappa shape index (κ2) is 9.11. The molecule has 2 amide bonds. The number of amides is 2. The summed E-state index contributed by atoms with van der Waals surface area (Å²) in [4.78, 5) is 14.3. The Hall–Kier alpha value is -2.58. The van der Waals surface area contributed by atoms with E-state index in [1.165, 1.54) is 5.56 Å². The Balaban J connectivity index is 1.86. The zero-order chi connectivity index (χ0) is 23.6. The molecular formula is C24H33N3O4S. The largest absolute Gasteiger partial charge is 0.497 e. The Morgan fingerprint density at radius 1 is 1.06 bits per heavy atom. The molecule has 0 saturated carbocycles. The van der Waals surface area contributed by atoms with Gasteiger partial charge in [0.05, 0.1) is 19.9 Å². The van der Waals surface area contributed by atoms with Crippen LogP contribution >= 0.6 is 0 Å². The van der Waals surface area contributed by atoms with Crippen LogP contribution in [0, 0.1) is 0 Å². The number of nitrogens with one attached hydrogen (secondary N) is 2. The first-order valence-corrected chi connectivity index (χ1v) is 12.6. The summed E-state index contributed by atoms with van der Waals surface area (Å²) in [7, 11) is -1.95. The van der Waals surface area contributed by atoms with E-state index >= 15 is 0 Å². The van der Waals surface area contributed by atoms with E-state index in [1.807, 2.05) is 36.4 Å². The molecule has 1 aliphatic heterocycles. The summed E-state index contributed by atoms with van der Waals surface area (Å²) in [5, 5.41) is 2.83. The number of hydrogen-bond donors (Lipinski definition) is 2. The zero-order valence-electron chi connectivity index (χ0n) is 19.4. The minimum Gasteiger partial charge on any atom is -0.497 e. The van der Waals surface area contributed by atoms with E-state index < -0.39 is 15.7 Å². The Morgan fingerprint density at radius 3 is 2.19 bits per heavy atom. The third kappa shape index (κ3) is 5.81. The van der Waals surface area contributed by atoms with Gasteiger partial charge in [0.1, 0.15) is 11.4 Å². The molecule has 0 spiro atoms. The van der Waals surface area contributed by atoms with Gasteiger partial charge in [-0.05, 0) is 40.7 Å². The Kier molecular flexibility index (Phi) is 6.86. The van der Waals surface area contributed by atoms with Crippen molar-refractivity contribution >= 4 is 16.1 Å². The number of benzene rings is 2. The molecule has 0 bridgehead atoms. The van der Waals surface area contributed by atoms with Crippen LogP contribution in [0.1, 0.15) is 37.5 Å². The molecule has 174 valence electrons. The maximum absolute atomic E-state index is 12.7. The number of methoxy groups -OCH3 is 1. The van der Waals surface area contributed by atoms with Crippen molar-refractivity contribution in [3.63, 3.8) is 0 Å². The second-order valence-corrected chi connectivity index (χ2v) is 11.2. The van der Waals surface area contributed by atoms with Crippen LogP contribution in [0.4, 0.5) is 4.79 Å². The maximum atomic E-state index is 12.7. The lowest BCUT2D eigenvalue weighted by molar-refractivity contribution is 0.147. The lowest BCUT2D eigenvalue weighted by Gasteiger charge is -2.37. The number of ether oxygens (including phenoxy) is 1. The molecular weight excluding hydrogens is 426 g/mol. The van der Waals surface area contributed by atoms with Gasteiger partial charge in [0.25, 0.3) is 0 Å². The molecule has 1 heterocycles. The lowest BCUT2D eigenvalue weighted by Crippen LogP contribution is -2.61. The number of carbonyl (C=O) groups excluding carboxylic acids is 1. The van der Waals surface area contributed by atoms with Crippen molar-refractivity contribution < 1.29 is 17.9 Å². The molecule has 1 atom stereocenters. The number of carbonyl (C=O) groups is 1. The van der Waals surface area contributed by atoms with Gasteiger partial charge in [-0.15, -0.1) is 0 Å². The van der Waals surface area contributed by atoms with Gasteiger partial charge in [0.15, 0.2) is 0 Å². The Labute approximate surface area is 191 Å². The van der Waals surface area contributed by atoms with Crippen molar-refractivity contribution in [2.75, 3.05) is 26.5 Å². The average molecular weight is 460 g/mol. The third-order valence-corrected chi connectivity index (χ3v) is 6.52. The van der Waals surface area contributed by atoms with Gasteiger partial charge in [-0.3, -0.25) is 0 Å². The predicted octanol–water partition coefficient (Wildman–Crippen LogP) is 3.05. The molecule has 0 aliphatic carbocycles. The fourth-order valence-electron chi connectivity index (χ4n) is 4.05. The molecule has 2 N–H and O–H groups in total. The third-order valence-electron chi connectivity index (χ3n) is 5.77. The minimum atomic E-state index is -3.57. The molecule has 32 heavy (non-hydrogen) atoms. The standard InChI is InChI=1S/C24H33N3O4S/c1-23(2,3)20-10-6-19(7-11-20)16-24(26-32(5,29)30)17-25-22(28)27(24)15-14-18-8-12-21(31-4)13-9-18/h6-13,26H,14-17H2,1-5H3,(H,25,28). The molecule has 1 fully saturated rings. The van der Waals surface area contributed by atoms with Gasteiger partial charge < -0.3 is 15.0 Å². The van der Waals surface area contributed by atoms with E-state index in [0.717, 1.165) is 23.1 Å². The summed E-state index contributed by atoms with van der Waals surface area (Å²) in [5.41, 5.74) is 2.15. The van der Waals surface area contributed by atoms with Gasteiger partial charge in [-0.1, -0.05) is 57.2 Å². The highest BCUT2D eigenvalue weighted by Gasteiger charge is 2.47. The van der Waals surface area contributed by atoms with Gasteiger partial charge in [-0.25, -0.2) is 13.2 Å². The molecule has 0 radical (unpaired) electrons. The van der Waals surface area contributed by atoms with Crippen LogP contribution < -0.4 is 14.8 Å². The lowest BCUT2D eigenvalue weighted by atomic mass is 9.86. The number of sulfonamides is 1. The summed E-state index contributed by atoms with van der Waals surface area (Å²) < 4.78 is 32.5. The van der Waals surface area contributed by atoms with Crippen molar-refractivity contribution in [2.24, 2.45) is 0 Å². The molecule has 1 saturated heterocycles. The van der Waals surface area contributed by atoms with Crippen LogP contribution in [0.15, 0.2) is 48.5 Å². The van der Waals surface area contributed by atoms with Crippen LogP contribution in [0.3, 0.4) is 0 Å². The molecule has 2 aromatic rings. The van der Waals surface area contributed by atoms with E-state index in [1.54, 1.807) is 12.0 Å². The Bertz CT molecular complexity index is 1040. The first-order chi connectivity index (χ1) is 14.9. The van der Waals surface area contributed by atoms with E-state index in [-0.39, 0.29) is 18.0 Å². The number of rotatable bonds is 8. The number of urea groups is 1. The van der Waals surface area contributed by atoms with Crippen molar-refractivity contribution in [2.45, 2.75) is 44.7 Å². The van der Waals surface area contributed by atoms with Crippen molar-refractivity contribution in [1.29, 1.82) is 0 Å². The maximum Gasteiger partial charge on any atom is 0.319 e. The molecule has 0 aromatic heterocycles. The van der Waals surface area contributed by atoms with Crippen LogP contribution in [0.5, 0.6) is 5.75 Å².